The minimum atomic E-state index is -0.654. The van der Waals surface area contributed by atoms with E-state index in [-0.39, 0.29) is 25.2 Å². The summed E-state index contributed by atoms with van der Waals surface area (Å²) in [4.78, 5) is 39.2. The molecule has 2 aromatic carbocycles. The Morgan fingerprint density at radius 2 is 1.84 bits per heavy atom. The maximum Gasteiger partial charge on any atom is 0.416 e. The van der Waals surface area contributed by atoms with Crippen molar-refractivity contribution in [1.29, 1.82) is 0 Å². The van der Waals surface area contributed by atoms with E-state index in [2.05, 4.69) is 5.32 Å². The molecule has 0 saturated carbocycles. The quantitative estimate of drug-likeness (QED) is 0.817. The lowest BCUT2D eigenvalue weighted by molar-refractivity contribution is -0.121. The summed E-state index contributed by atoms with van der Waals surface area (Å²) in [5, 5.41) is 2.60. The summed E-state index contributed by atoms with van der Waals surface area (Å²) in [6.45, 7) is 3.02. The summed E-state index contributed by atoms with van der Waals surface area (Å²) in [6.07, 6.45) is -0.0772. The maximum atomic E-state index is 12.5. The third kappa shape index (κ3) is 4.96. The number of hydrogen-bond donors (Lipinski definition) is 1. The van der Waals surface area contributed by atoms with Crippen molar-refractivity contribution in [1.82, 2.24) is 10.2 Å². The summed E-state index contributed by atoms with van der Waals surface area (Å²) in [5.74, 6) is -0.249. The molecular formula is C23H25N3O5. The van der Waals surface area contributed by atoms with Crippen LogP contribution in [0.15, 0.2) is 48.5 Å². The fourth-order valence-corrected chi connectivity index (χ4v) is 3.85. The normalized spacial score (nSPS) is 18.1. The Balaban J connectivity index is 1.38. The number of carbonyl (C=O) groups is 3. The highest BCUT2D eigenvalue weighted by Crippen LogP contribution is 2.26. The zero-order valence-electron chi connectivity index (χ0n) is 17.4. The summed E-state index contributed by atoms with van der Waals surface area (Å²) in [7, 11) is 0. The van der Waals surface area contributed by atoms with E-state index in [0.29, 0.717) is 19.5 Å². The van der Waals surface area contributed by atoms with E-state index >= 15 is 0 Å². The van der Waals surface area contributed by atoms with Crippen molar-refractivity contribution in [3.63, 3.8) is 0 Å². The monoisotopic (exact) mass is 423 g/mol. The SMILES string of the molecule is CC(=O)N[C@@H]1CN(c2ccc3c(c2)CCN(C(=O)OCc2ccccc2)CC3)C(=O)O1. The number of benzene rings is 2. The van der Waals surface area contributed by atoms with E-state index < -0.39 is 12.3 Å². The number of rotatable bonds is 4. The van der Waals surface area contributed by atoms with Gasteiger partial charge in [0.15, 0.2) is 6.23 Å². The molecule has 162 valence electrons. The van der Waals surface area contributed by atoms with Crippen LogP contribution in [-0.4, -0.2) is 48.9 Å². The van der Waals surface area contributed by atoms with Gasteiger partial charge in [-0.2, -0.15) is 0 Å². The van der Waals surface area contributed by atoms with Crippen molar-refractivity contribution in [3.05, 3.63) is 65.2 Å². The number of nitrogens with one attached hydrogen (secondary N) is 1. The van der Waals surface area contributed by atoms with Crippen molar-refractivity contribution in [3.8, 4) is 0 Å². The Morgan fingerprint density at radius 1 is 1.10 bits per heavy atom. The Hall–Kier alpha value is -3.55. The average molecular weight is 423 g/mol. The minimum Gasteiger partial charge on any atom is -0.445 e. The minimum absolute atomic E-state index is 0.249. The molecule has 1 saturated heterocycles. The van der Waals surface area contributed by atoms with Gasteiger partial charge < -0.3 is 19.7 Å². The van der Waals surface area contributed by atoms with Crippen molar-refractivity contribution in [2.75, 3.05) is 24.5 Å². The Labute approximate surface area is 180 Å². The molecule has 8 nitrogen and oxygen atoms in total. The molecule has 3 amide bonds. The van der Waals surface area contributed by atoms with Crippen LogP contribution in [0.5, 0.6) is 0 Å². The maximum absolute atomic E-state index is 12.5. The van der Waals surface area contributed by atoms with Crippen LogP contribution in [0.4, 0.5) is 15.3 Å². The summed E-state index contributed by atoms with van der Waals surface area (Å²) >= 11 is 0. The van der Waals surface area contributed by atoms with Crippen LogP contribution in [0.1, 0.15) is 23.6 Å². The van der Waals surface area contributed by atoms with E-state index in [0.717, 1.165) is 28.8 Å². The molecule has 0 aliphatic carbocycles. The molecule has 0 radical (unpaired) electrons. The fraction of sp³-hybridized carbons (Fsp3) is 0.348. The Kier molecular flexibility index (Phi) is 6.06. The number of fused-ring (bicyclic) bond motifs is 1. The Bertz CT molecular complexity index is 978. The van der Waals surface area contributed by atoms with Crippen LogP contribution >= 0.6 is 0 Å². The molecule has 2 aliphatic heterocycles. The highest BCUT2D eigenvalue weighted by Gasteiger charge is 2.33. The second-order valence-electron chi connectivity index (χ2n) is 7.66. The average Bonchev–Trinajstić information content (AvgIpc) is 2.99. The van der Waals surface area contributed by atoms with Gasteiger partial charge in [-0.3, -0.25) is 9.69 Å². The van der Waals surface area contributed by atoms with Crippen molar-refractivity contribution in [2.45, 2.75) is 32.6 Å². The van der Waals surface area contributed by atoms with Crippen molar-refractivity contribution >= 4 is 23.8 Å². The first-order chi connectivity index (χ1) is 15.0. The number of hydrogen-bond acceptors (Lipinski definition) is 5. The van der Waals surface area contributed by atoms with Gasteiger partial charge in [-0.15, -0.1) is 0 Å². The van der Waals surface area contributed by atoms with Crippen LogP contribution in [0.2, 0.25) is 0 Å². The lowest BCUT2D eigenvalue weighted by Gasteiger charge is -2.19. The third-order valence-corrected chi connectivity index (χ3v) is 5.44. The van der Waals surface area contributed by atoms with Crippen LogP contribution in [0.25, 0.3) is 0 Å². The lowest BCUT2D eigenvalue weighted by Crippen LogP contribution is -2.36. The van der Waals surface area contributed by atoms with E-state index in [1.807, 2.05) is 48.5 Å². The van der Waals surface area contributed by atoms with Crippen LogP contribution < -0.4 is 10.2 Å². The van der Waals surface area contributed by atoms with Gasteiger partial charge in [0.25, 0.3) is 0 Å². The molecule has 1 N–H and O–H groups in total. The topological polar surface area (TPSA) is 88.2 Å². The highest BCUT2D eigenvalue weighted by atomic mass is 16.6. The van der Waals surface area contributed by atoms with Gasteiger partial charge in [-0.25, -0.2) is 9.59 Å². The van der Waals surface area contributed by atoms with Gasteiger partial charge in [0.1, 0.15) is 6.61 Å². The molecule has 2 aliphatic rings. The molecule has 1 atom stereocenters. The van der Waals surface area contributed by atoms with Crippen LogP contribution in [0, 0.1) is 0 Å². The molecule has 0 spiro atoms. The predicted octanol–water partition coefficient (Wildman–Crippen LogP) is 2.84. The smallest absolute Gasteiger partial charge is 0.416 e. The highest BCUT2D eigenvalue weighted by molar-refractivity contribution is 5.90. The molecule has 0 bridgehead atoms. The number of nitrogens with zero attached hydrogens (tertiary/aromatic N) is 2. The summed E-state index contributed by atoms with van der Waals surface area (Å²) < 4.78 is 10.7. The van der Waals surface area contributed by atoms with Crippen LogP contribution in [-0.2, 0) is 33.7 Å². The van der Waals surface area contributed by atoms with Gasteiger partial charge in [-0.05, 0) is 41.7 Å². The molecule has 4 rings (SSSR count). The van der Waals surface area contributed by atoms with E-state index in [9.17, 15) is 14.4 Å². The number of carbonyl (C=O) groups excluding carboxylic acids is 3. The number of cyclic esters (lactones) is 1. The van der Waals surface area contributed by atoms with Gasteiger partial charge in [-0.1, -0.05) is 36.4 Å². The Morgan fingerprint density at radius 3 is 2.58 bits per heavy atom. The molecule has 8 heteroatoms. The lowest BCUT2D eigenvalue weighted by atomic mass is 10.0. The molecule has 2 heterocycles. The summed E-state index contributed by atoms with van der Waals surface area (Å²) in [6, 6.07) is 15.4. The number of ether oxygens (including phenoxy) is 2. The van der Waals surface area contributed by atoms with E-state index in [1.54, 1.807) is 4.90 Å². The predicted molar refractivity (Wildman–Crippen MR) is 113 cm³/mol. The van der Waals surface area contributed by atoms with Crippen molar-refractivity contribution in [2.24, 2.45) is 0 Å². The van der Waals surface area contributed by atoms with E-state index in [4.69, 9.17) is 9.47 Å². The zero-order valence-corrected chi connectivity index (χ0v) is 17.4. The molecule has 2 aromatic rings. The van der Waals surface area contributed by atoms with Gasteiger partial charge in [0.05, 0.1) is 6.54 Å². The van der Waals surface area contributed by atoms with E-state index in [1.165, 1.54) is 11.8 Å². The second kappa shape index (κ2) is 9.07. The molecule has 1 fully saturated rings. The molecule has 0 aromatic heterocycles. The number of anilines is 1. The second-order valence-corrected chi connectivity index (χ2v) is 7.66. The zero-order chi connectivity index (χ0) is 21.8. The largest absolute Gasteiger partial charge is 0.445 e. The first-order valence-electron chi connectivity index (χ1n) is 10.3. The fourth-order valence-electron chi connectivity index (χ4n) is 3.85. The third-order valence-electron chi connectivity index (χ3n) is 5.44. The first kappa shape index (κ1) is 20.7. The summed E-state index contributed by atoms with van der Waals surface area (Å²) in [5.41, 5.74) is 3.91. The van der Waals surface area contributed by atoms with Gasteiger partial charge in [0, 0.05) is 25.7 Å². The van der Waals surface area contributed by atoms with Gasteiger partial charge >= 0.3 is 12.2 Å². The molecule has 0 unspecified atom stereocenters. The standard InChI is InChI=1S/C23H25N3O5/c1-16(27)24-21-14-26(23(29)31-21)20-8-7-18-9-11-25(12-10-19(18)13-20)22(28)30-15-17-5-3-2-4-6-17/h2-8,13,21H,9-12,14-15H2,1H3,(H,24,27)/t21-/m0/s1. The number of amides is 3. The van der Waals surface area contributed by atoms with Gasteiger partial charge in [0.2, 0.25) is 5.91 Å². The molecular weight excluding hydrogens is 398 g/mol. The van der Waals surface area contributed by atoms with Crippen LogP contribution in [0.3, 0.4) is 0 Å². The first-order valence-corrected chi connectivity index (χ1v) is 10.3. The molecule has 31 heavy (non-hydrogen) atoms. The van der Waals surface area contributed by atoms with Crippen molar-refractivity contribution < 1.29 is 23.9 Å².